The fraction of sp³-hybridized carbons (Fsp3) is 0.312. The summed E-state index contributed by atoms with van der Waals surface area (Å²) in [6.45, 7) is 5.06. The van der Waals surface area contributed by atoms with E-state index < -0.39 is 4.92 Å². The Balaban J connectivity index is 2.15. The second-order valence-electron chi connectivity index (χ2n) is 5.54. The zero-order valence-electron chi connectivity index (χ0n) is 12.9. The van der Waals surface area contributed by atoms with Crippen molar-refractivity contribution in [2.24, 2.45) is 0 Å². The minimum atomic E-state index is -0.500. The smallest absolute Gasteiger partial charge is 0.285 e. The second kappa shape index (κ2) is 6.53. The molecule has 0 saturated heterocycles. The van der Waals surface area contributed by atoms with Gasteiger partial charge in [0.1, 0.15) is 0 Å². The molecule has 0 bridgehead atoms. The first-order valence-corrected chi connectivity index (χ1v) is 6.96. The van der Waals surface area contributed by atoms with Crippen molar-refractivity contribution in [3.05, 3.63) is 73.7 Å². The maximum absolute atomic E-state index is 11.8. The van der Waals surface area contributed by atoms with Gasteiger partial charge >= 0.3 is 0 Å². The highest BCUT2D eigenvalue weighted by Crippen LogP contribution is 2.13. The van der Waals surface area contributed by atoms with Crippen LogP contribution in [-0.4, -0.2) is 21.4 Å². The molecule has 0 aliphatic carbocycles. The molecule has 1 aromatic heterocycles. The maximum atomic E-state index is 11.8. The fourth-order valence-electron chi connectivity index (χ4n) is 2.36. The van der Waals surface area contributed by atoms with Crippen LogP contribution in [0.2, 0.25) is 0 Å². The first-order chi connectivity index (χ1) is 10.4. The van der Waals surface area contributed by atoms with E-state index in [1.54, 1.807) is 0 Å². The number of nitro groups is 1. The standard InChI is InChI=1S/C16H19N3O3/c1-12-4-5-14(13(2)8-12)9-17(3)11-18-10-15(19(21)22)6-7-16(18)20/h4-8,10H,9,11H2,1-3H3. The van der Waals surface area contributed by atoms with Crippen LogP contribution in [0.4, 0.5) is 5.69 Å². The van der Waals surface area contributed by atoms with Crippen molar-refractivity contribution in [2.45, 2.75) is 27.1 Å². The highest BCUT2D eigenvalue weighted by molar-refractivity contribution is 5.30. The van der Waals surface area contributed by atoms with E-state index in [9.17, 15) is 14.9 Å². The van der Waals surface area contributed by atoms with Crippen LogP contribution in [0.15, 0.2) is 41.3 Å². The Morgan fingerprint density at radius 1 is 1.23 bits per heavy atom. The zero-order valence-corrected chi connectivity index (χ0v) is 12.9. The van der Waals surface area contributed by atoms with Crippen LogP contribution in [0.1, 0.15) is 16.7 Å². The minimum absolute atomic E-state index is 0.0838. The topological polar surface area (TPSA) is 68.4 Å². The van der Waals surface area contributed by atoms with Crippen LogP contribution in [0.5, 0.6) is 0 Å². The predicted molar refractivity (Wildman–Crippen MR) is 84.7 cm³/mol. The van der Waals surface area contributed by atoms with Gasteiger partial charge in [-0.15, -0.1) is 0 Å². The van der Waals surface area contributed by atoms with Crippen molar-refractivity contribution in [1.82, 2.24) is 9.47 Å². The first-order valence-electron chi connectivity index (χ1n) is 6.96. The van der Waals surface area contributed by atoms with Crippen molar-refractivity contribution in [1.29, 1.82) is 0 Å². The van der Waals surface area contributed by atoms with E-state index in [4.69, 9.17) is 0 Å². The van der Waals surface area contributed by atoms with Crippen molar-refractivity contribution in [3.63, 3.8) is 0 Å². The van der Waals surface area contributed by atoms with Crippen LogP contribution in [0.3, 0.4) is 0 Å². The average molecular weight is 301 g/mol. The van der Waals surface area contributed by atoms with Crippen molar-refractivity contribution >= 4 is 5.69 Å². The van der Waals surface area contributed by atoms with Gasteiger partial charge in [0.05, 0.1) is 17.8 Å². The third-order valence-corrected chi connectivity index (χ3v) is 3.51. The van der Waals surface area contributed by atoms with Crippen molar-refractivity contribution in [2.75, 3.05) is 7.05 Å². The third-order valence-electron chi connectivity index (χ3n) is 3.51. The van der Waals surface area contributed by atoms with Crippen LogP contribution < -0.4 is 5.56 Å². The minimum Gasteiger partial charge on any atom is -0.295 e. The molecular formula is C16H19N3O3. The molecule has 2 aromatic rings. The number of rotatable bonds is 5. The van der Waals surface area contributed by atoms with Gasteiger partial charge in [-0.1, -0.05) is 23.8 Å². The highest BCUT2D eigenvalue weighted by Gasteiger charge is 2.10. The Morgan fingerprint density at radius 3 is 2.59 bits per heavy atom. The summed E-state index contributed by atoms with van der Waals surface area (Å²) in [6, 6.07) is 8.68. The summed E-state index contributed by atoms with van der Waals surface area (Å²) in [4.78, 5) is 24.0. The third kappa shape index (κ3) is 3.79. The molecule has 0 spiro atoms. The molecule has 0 N–H and O–H groups in total. The number of pyridine rings is 1. The van der Waals surface area contributed by atoms with E-state index in [1.807, 2.05) is 18.9 Å². The summed E-state index contributed by atoms with van der Waals surface area (Å²) in [5.74, 6) is 0. The molecule has 0 aliphatic heterocycles. The average Bonchev–Trinajstić information content (AvgIpc) is 2.44. The quantitative estimate of drug-likeness (QED) is 0.628. The summed E-state index contributed by atoms with van der Waals surface area (Å²) in [7, 11) is 1.88. The fourth-order valence-corrected chi connectivity index (χ4v) is 2.36. The molecule has 0 saturated carbocycles. The van der Waals surface area contributed by atoms with Crippen LogP contribution in [-0.2, 0) is 13.2 Å². The van der Waals surface area contributed by atoms with Crippen LogP contribution in [0, 0.1) is 24.0 Å². The van der Waals surface area contributed by atoms with Gasteiger partial charge in [-0.25, -0.2) is 0 Å². The molecule has 0 radical (unpaired) electrons. The van der Waals surface area contributed by atoms with Crippen LogP contribution in [0.25, 0.3) is 0 Å². The molecule has 1 aromatic carbocycles. The Hall–Kier alpha value is -2.47. The summed E-state index contributed by atoms with van der Waals surface area (Å²) < 4.78 is 1.35. The highest BCUT2D eigenvalue weighted by atomic mass is 16.6. The lowest BCUT2D eigenvalue weighted by Gasteiger charge is -2.19. The molecule has 0 fully saturated rings. The molecule has 2 rings (SSSR count). The number of nitrogens with zero attached hydrogens (tertiary/aromatic N) is 3. The van der Waals surface area contributed by atoms with E-state index in [0.29, 0.717) is 13.2 Å². The molecule has 116 valence electrons. The van der Waals surface area contributed by atoms with E-state index in [2.05, 4.69) is 25.1 Å². The van der Waals surface area contributed by atoms with E-state index in [0.717, 1.165) is 0 Å². The predicted octanol–water partition coefficient (Wildman–Crippen LogP) is 2.46. The number of aromatic nitrogens is 1. The summed E-state index contributed by atoms with van der Waals surface area (Å²) in [5.41, 5.74) is 3.24. The SMILES string of the molecule is Cc1ccc(CN(C)Cn2cc([N+](=O)[O-])ccc2=O)c(C)c1. The van der Waals surface area contributed by atoms with E-state index >= 15 is 0 Å². The molecule has 0 aliphatic rings. The monoisotopic (exact) mass is 301 g/mol. The number of benzene rings is 1. The van der Waals surface area contributed by atoms with Gasteiger partial charge in [0.25, 0.3) is 11.2 Å². The number of hydrogen-bond donors (Lipinski definition) is 0. The van der Waals surface area contributed by atoms with Crippen molar-refractivity contribution in [3.8, 4) is 0 Å². The molecule has 1 heterocycles. The Kier molecular flexibility index (Phi) is 4.72. The van der Waals surface area contributed by atoms with Gasteiger partial charge in [-0.05, 0) is 32.0 Å². The molecule has 0 atom stereocenters. The Morgan fingerprint density at radius 2 is 1.95 bits per heavy atom. The van der Waals surface area contributed by atoms with Crippen molar-refractivity contribution < 1.29 is 4.92 Å². The normalized spacial score (nSPS) is 10.9. The molecule has 6 nitrogen and oxygen atoms in total. The van der Waals surface area contributed by atoms with Gasteiger partial charge in [0.2, 0.25) is 0 Å². The largest absolute Gasteiger partial charge is 0.295 e. The number of hydrogen-bond acceptors (Lipinski definition) is 4. The Bertz CT molecular complexity index is 753. The molecule has 0 unspecified atom stereocenters. The van der Waals surface area contributed by atoms with E-state index in [1.165, 1.54) is 39.6 Å². The van der Waals surface area contributed by atoms with Gasteiger partial charge in [-0.2, -0.15) is 0 Å². The molecule has 22 heavy (non-hydrogen) atoms. The molecular weight excluding hydrogens is 282 g/mol. The molecule has 6 heteroatoms. The summed E-state index contributed by atoms with van der Waals surface area (Å²) in [5, 5.41) is 10.8. The molecule has 0 amide bonds. The summed E-state index contributed by atoms with van der Waals surface area (Å²) >= 11 is 0. The Labute approximate surface area is 128 Å². The number of aryl methyl sites for hydroxylation is 2. The second-order valence-corrected chi connectivity index (χ2v) is 5.54. The maximum Gasteiger partial charge on any atom is 0.285 e. The van der Waals surface area contributed by atoms with E-state index in [-0.39, 0.29) is 11.2 Å². The van der Waals surface area contributed by atoms with Gasteiger partial charge < -0.3 is 0 Å². The van der Waals surface area contributed by atoms with Gasteiger partial charge in [0, 0.05) is 18.7 Å². The summed E-state index contributed by atoms with van der Waals surface area (Å²) in [6.07, 6.45) is 1.28. The van der Waals surface area contributed by atoms with Crippen LogP contribution >= 0.6 is 0 Å². The lowest BCUT2D eigenvalue weighted by Crippen LogP contribution is -2.29. The lowest BCUT2D eigenvalue weighted by molar-refractivity contribution is -0.385. The first kappa shape index (κ1) is 15.9. The van der Waals surface area contributed by atoms with Gasteiger partial charge in [0.15, 0.2) is 0 Å². The van der Waals surface area contributed by atoms with Gasteiger partial charge in [-0.3, -0.25) is 24.4 Å². The zero-order chi connectivity index (χ0) is 16.3. The lowest BCUT2D eigenvalue weighted by atomic mass is 10.1.